The van der Waals surface area contributed by atoms with Crippen LogP contribution in [0.5, 0.6) is 5.75 Å². The van der Waals surface area contributed by atoms with E-state index in [1.807, 2.05) is 0 Å². The molecule has 0 radical (unpaired) electrons. The first-order chi connectivity index (χ1) is 13.0. The maximum atomic E-state index is 14.3. The molecule has 148 valence electrons. The zero-order chi connectivity index (χ0) is 20.5. The molecule has 3 aromatic rings. The highest BCUT2D eigenvalue weighted by atomic mass is 19.4. The Labute approximate surface area is 152 Å². The van der Waals surface area contributed by atoms with E-state index in [-0.39, 0.29) is 17.6 Å². The van der Waals surface area contributed by atoms with Gasteiger partial charge < -0.3 is 10.1 Å². The molecule has 0 aliphatic rings. The van der Waals surface area contributed by atoms with Crippen LogP contribution in [0.15, 0.2) is 42.6 Å². The molecule has 0 saturated carbocycles. The number of hydrogen-bond acceptors (Lipinski definition) is 4. The van der Waals surface area contributed by atoms with Crippen LogP contribution in [0, 0.1) is 5.82 Å². The van der Waals surface area contributed by atoms with Gasteiger partial charge in [-0.15, -0.1) is 18.3 Å². The molecule has 0 aliphatic carbocycles. The lowest BCUT2D eigenvalue weighted by Gasteiger charge is -2.18. The van der Waals surface area contributed by atoms with E-state index in [4.69, 9.17) is 0 Å². The number of aromatic nitrogens is 3. The predicted molar refractivity (Wildman–Crippen MR) is 83.2 cm³/mol. The van der Waals surface area contributed by atoms with Crippen molar-refractivity contribution in [3.8, 4) is 16.9 Å². The molecule has 12 heteroatoms. The highest BCUT2D eigenvalue weighted by Crippen LogP contribution is 2.42. The Balaban J connectivity index is 2.12. The summed E-state index contributed by atoms with van der Waals surface area (Å²) in [4.78, 5) is 0. The fraction of sp³-hybridized carbons (Fsp3) is 0.125. The van der Waals surface area contributed by atoms with E-state index in [0.29, 0.717) is 6.07 Å². The Morgan fingerprint density at radius 1 is 0.964 bits per heavy atom. The lowest BCUT2D eigenvalue weighted by atomic mass is 10.0. The summed E-state index contributed by atoms with van der Waals surface area (Å²) in [7, 11) is 0. The number of nitrogens with one attached hydrogen (secondary N) is 2. The summed E-state index contributed by atoms with van der Waals surface area (Å²) in [6.07, 6.45) is -8.78. The Morgan fingerprint density at radius 2 is 1.71 bits per heavy atom. The average molecular weight is 406 g/mol. The van der Waals surface area contributed by atoms with Crippen molar-refractivity contribution >= 4 is 11.5 Å². The van der Waals surface area contributed by atoms with Crippen molar-refractivity contribution in [2.75, 3.05) is 5.32 Å². The third-order valence-electron chi connectivity index (χ3n) is 3.50. The fourth-order valence-electron chi connectivity index (χ4n) is 2.38. The van der Waals surface area contributed by atoms with Crippen LogP contribution in [0.25, 0.3) is 11.1 Å². The summed E-state index contributed by atoms with van der Waals surface area (Å²) in [6, 6.07) is 5.05. The van der Waals surface area contributed by atoms with Gasteiger partial charge in [0.15, 0.2) is 11.6 Å². The number of alkyl halides is 6. The maximum Gasteiger partial charge on any atom is 0.573 e. The van der Waals surface area contributed by atoms with Gasteiger partial charge in [-0.3, -0.25) is 0 Å². The molecule has 2 N–H and O–H groups in total. The zero-order valence-corrected chi connectivity index (χ0v) is 13.5. The minimum atomic E-state index is -5.14. The van der Waals surface area contributed by atoms with Gasteiger partial charge in [-0.05, 0) is 18.2 Å². The number of hydrogen-bond donors (Lipinski definition) is 2. The van der Waals surface area contributed by atoms with Crippen LogP contribution in [-0.2, 0) is 6.18 Å². The number of rotatable bonds is 4. The van der Waals surface area contributed by atoms with Crippen LogP contribution >= 0.6 is 0 Å². The highest BCUT2D eigenvalue weighted by Gasteiger charge is 2.35. The van der Waals surface area contributed by atoms with Crippen molar-refractivity contribution in [3.05, 3.63) is 54.0 Å². The molecule has 0 saturated heterocycles. The third-order valence-corrected chi connectivity index (χ3v) is 3.50. The summed E-state index contributed by atoms with van der Waals surface area (Å²) >= 11 is 0. The van der Waals surface area contributed by atoms with Crippen molar-refractivity contribution < 1.29 is 35.5 Å². The van der Waals surface area contributed by atoms with Gasteiger partial charge in [0, 0.05) is 11.1 Å². The zero-order valence-electron chi connectivity index (χ0n) is 13.5. The molecule has 0 atom stereocenters. The standard InChI is InChI=1S/C16H9F7N4O/c17-11-6-8(15(18,19)20)4-5-9(11)10-2-1-3-12(14(10)28-16(21,22)23)25-13-7-24-27-26-13/h1-7H,(H2,24,25,26,27). The van der Waals surface area contributed by atoms with E-state index in [1.165, 1.54) is 18.3 Å². The number of halogens is 7. The number of anilines is 2. The number of para-hydroxylation sites is 1. The molecular formula is C16H9F7N4O. The number of benzene rings is 2. The molecule has 0 fully saturated rings. The Bertz CT molecular complexity index is 968. The van der Waals surface area contributed by atoms with E-state index >= 15 is 0 Å². The Kier molecular flexibility index (Phi) is 4.87. The largest absolute Gasteiger partial charge is 0.573 e. The monoisotopic (exact) mass is 406 g/mol. The van der Waals surface area contributed by atoms with Gasteiger partial charge >= 0.3 is 12.5 Å². The van der Waals surface area contributed by atoms with Gasteiger partial charge in [0.1, 0.15) is 5.82 Å². The predicted octanol–water partition coefficient (Wildman–Crippen LogP) is 5.27. The van der Waals surface area contributed by atoms with Crippen LogP contribution in [0.4, 0.5) is 42.2 Å². The molecule has 0 unspecified atom stereocenters. The summed E-state index contributed by atoms with van der Waals surface area (Å²) in [5.74, 6) is -2.16. The minimum Gasteiger partial charge on any atom is -0.403 e. The highest BCUT2D eigenvalue weighted by molar-refractivity contribution is 5.80. The number of nitrogens with zero attached hydrogens (tertiary/aromatic N) is 2. The summed E-state index contributed by atoms with van der Waals surface area (Å²) in [6.45, 7) is 0. The topological polar surface area (TPSA) is 62.8 Å². The van der Waals surface area contributed by atoms with Crippen molar-refractivity contribution in [3.63, 3.8) is 0 Å². The SMILES string of the molecule is Fc1cc(C(F)(F)F)ccc1-c1cccc(Nc2cn[nH]n2)c1OC(F)(F)F. The van der Waals surface area contributed by atoms with Crippen molar-refractivity contribution in [1.29, 1.82) is 0 Å². The first kappa shape index (κ1) is 19.5. The molecule has 2 aromatic carbocycles. The molecule has 1 aromatic heterocycles. The Morgan fingerprint density at radius 3 is 2.29 bits per heavy atom. The summed E-state index contributed by atoms with van der Waals surface area (Å²) in [5.41, 5.74) is -2.43. The molecule has 1 heterocycles. The minimum absolute atomic E-state index is 0.0389. The second-order valence-electron chi connectivity index (χ2n) is 5.40. The molecule has 0 bridgehead atoms. The van der Waals surface area contributed by atoms with E-state index in [1.54, 1.807) is 0 Å². The van der Waals surface area contributed by atoms with Gasteiger partial charge in [-0.2, -0.15) is 23.5 Å². The Hall–Kier alpha value is -3.31. The van der Waals surface area contributed by atoms with Crippen LogP contribution in [-0.4, -0.2) is 21.8 Å². The second kappa shape index (κ2) is 7.02. The third kappa shape index (κ3) is 4.32. The smallest absolute Gasteiger partial charge is 0.403 e. The van der Waals surface area contributed by atoms with Crippen LogP contribution in [0.1, 0.15) is 5.56 Å². The molecule has 0 amide bonds. The van der Waals surface area contributed by atoms with Gasteiger partial charge in [-0.25, -0.2) is 4.39 Å². The fourth-order valence-corrected chi connectivity index (χ4v) is 2.38. The average Bonchev–Trinajstić information content (AvgIpc) is 3.07. The van der Waals surface area contributed by atoms with Crippen LogP contribution < -0.4 is 10.1 Å². The van der Waals surface area contributed by atoms with Crippen LogP contribution in [0.3, 0.4) is 0 Å². The number of H-pyrrole nitrogens is 1. The summed E-state index contributed by atoms with van der Waals surface area (Å²) in [5, 5.41) is 11.9. The second-order valence-corrected chi connectivity index (χ2v) is 5.40. The van der Waals surface area contributed by atoms with E-state index in [0.717, 1.165) is 12.1 Å². The van der Waals surface area contributed by atoms with Crippen molar-refractivity contribution in [2.45, 2.75) is 12.5 Å². The van der Waals surface area contributed by atoms with Gasteiger partial charge in [-0.1, -0.05) is 18.2 Å². The number of ether oxygens (including phenoxy) is 1. The molecule has 0 aliphatic heterocycles. The van der Waals surface area contributed by atoms with Gasteiger partial charge in [0.05, 0.1) is 17.4 Å². The molecular weight excluding hydrogens is 397 g/mol. The van der Waals surface area contributed by atoms with E-state index in [9.17, 15) is 30.7 Å². The lowest BCUT2D eigenvalue weighted by molar-refractivity contribution is -0.274. The molecule has 3 rings (SSSR count). The first-order valence-corrected chi connectivity index (χ1v) is 7.43. The first-order valence-electron chi connectivity index (χ1n) is 7.43. The van der Waals surface area contributed by atoms with Gasteiger partial charge in [0.2, 0.25) is 0 Å². The van der Waals surface area contributed by atoms with Crippen molar-refractivity contribution in [1.82, 2.24) is 15.4 Å². The van der Waals surface area contributed by atoms with E-state index in [2.05, 4.69) is 25.5 Å². The van der Waals surface area contributed by atoms with Crippen LogP contribution in [0.2, 0.25) is 0 Å². The summed E-state index contributed by atoms with van der Waals surface area (Å²) < 4.78 is 95.1. The van der Waals surface area contributed by atoms with E-state index < -0.39 is 40.8 Å². The van der Waals surface area contributed by atoms with Crippen molar-refractivity contribution in [2.24, 2.45) is 0 Å². The molecule has 28 heavy (non-hydrogen) atoms. The molecule has 5 nitrogen and oxygen atoms in total. The maximum absolute atomic E-state index is 14.3. The molecule has 0 spiro atoms. The quantitative estimate of drug-likeness (QED) is 0.580. The number of aromatic amines is 1. The van der Waals surface area contributed by atoms with Gasteiger partial charge in [0.25, 0.3) is 0 Å². The lowest BCUT2D eigenvalue weighted by Crippen LogP contribution is -2.18. The normalized spacial score (nSPS) is 12.1.